The van der Waals surface area contributed by atoms with Gasteiger partial charge in [-0.05, 0) is 23.1 Å². The van der Waals surface area contributed by atoms with Crippen LogP contribution < -0.4 is 0 Å². The molecule has 0 aromatic heterocycles. The number of rotatable bonds is 2. The number of nitro benzene ring substituents is 1. The van der Waals surface area contributed by atoms with Crippen LogP contribution in [0.5, 0.6) is 0 Å². The Kier molecular flexibility index (Phi) is 2.75. The Balaban J connectivity index is 1.95. The molecule has 0 fully saturated rings. The van der Waals surface area contributed by atoms with Crippen molar-refractivity contribution in [3.05, 3.63) is 45.4 Å². The number of fused-ring (bicyclic) bond motifs is 1. The number of nitro groups is 1. The van der Waals surface area contributed by atoms with E-state index in [2.05, 4.69) is 9.98 Å². The van der Waals surface area contributed by atoms with Crippen molar-refractivity contribution < 1.29 is 9.72 Å². The molecule has 0 spiro atoms. The molecule has 7 heteroatoms. The van der Waals surface area contributed by atoms with Gasteiger partial charge in [0.1, 0.15) is 11.6 Å². The van der Waals surface area contributed by atoms with Gasteiger partial charge >= 0.3 is 0 Å². The minimum Gasteiger partial charge on any atom is -0.271 e. The average molecular weight is 273 g/mol. The molecular formula is C12H7N3O3S. The number of benzene rings is 1. The summed E-state index contributed by atoms with van der Waals surface area (Å²) in [7, 11) is 0. The molecule has 19 heavy (non-hydrogen) atoms. The van der Waals surface area contributed by atoms with E-state index in [-0.39, 0.29) is 16.8 Å². The Bertz CT molecular complexity index is 661. The van der Waals surface area contributed by atoms with Gasteiger partial charge in [0.05, 0.1) is 10.6 Å². The molecule has 1 aromatic carbocycles. The first-order valence-corrected chi connectivity index (χ1v) is 6.36. The number of thioether (sulfide) groups is 1. The topological polar surface area (TPSA) is 84.9 Å². The van der Waals surface area contributed by atoms with Gasteiger partial charge in [0, 0.05) is 17.7 Å². The Labute approximate surface area is 112 Å². The number of hydrogen-bond acceptors (Lipinski definition) is 5. The molecule has 2 heterocycles. The number of nitrogens with zero attached hydrogens (tertiary/aromatic N) is 3. The van der Waals surface area contributed by atoms with Crippen molar-refractivity contribution in [2.24, 2.45) is 9.98 Å². The van der Waals surface area contributed by atoms with E-state index in [1.165, 1.54) is 30.2 Å². The second-order valence-electron chi connectivity index (χ2n) is 3.95. The van der Waals surface area contributed by atoms with Crippen LogP contribution in [0.2, 0.25) is 0 Å². The summed E-state index contributed by atoms with van der Waals surface area (Å²) < 4.78 is 0. The fourth-order valence-electron chi connectivity index (χ4n) is 1.91. The highest BCUT2D eigenvalue weighted by Gasteiger charge is 2.34. The number of non-ortho nitro benzene ring substituents is 1. The highest BCUT2D eigenvalue weighted by atomic mass is 32.2. The van der Waals surface area contributed by atoms with Crippen LogP contribution in [-0.2, 0) is 4.79 Å². The molecule has 6 nitrogen and oxygen atoms in total. The first-order valence-electron chi connectivity index (χ1n) is 5.42. The van der Waals surface area contributed by atoms with Crippen molar-refractivity contribution >= 4 is 41.0 Å². The SMILES string of the molecule is O=C1N=CN=C2C(c3ccc([N+](=O)[O-])cc3)=CSC12. The maximum Gasteiger partial charge on any atom is 0.269 e. The summed E-state index contributed by atoms with van der Waals surface area (Å²) in [6, 6.07) is 6.19. The fraction of sp³-hybridized carbons (Fsp3) is 0.0833. The van der Waals surface area contributed by atoms with Crippen molar-refractivity contribution in [3.8, 4) is 0 Å². The zero-order valence-corrected chi connectivity index (χ0v) is 10.3. The van der Waals surface area contributed by atoms with E-state index in [0.717, 1.165) is 11.1 Å². The van der Waals surface area contributed by atoms with E-state index in [9.17, 15) is 14.9 Å². The standard InChI is InChI=1S/C12H7N3O3S/c16-12-11-10(13-6-14-12)9(5-19-11)7-1-3-8(4-2-7)15(17)18/h1-6,11H. The van der Waals surface area contributed by atoms with Crippen molar-refractivity contribution in [2.45, 2.75) is 5.25 Å². The number of carbonyl (C=O) groups excluding carboxylic acids is 1. The third kappa shape index (κ3) is 1.97. The van der Waals surface area contributed by atoms with Crippen LogP contribution in [0.4, 0.5) is 5.69 Å². The Hall–Kier alpha value is -2.28. The monoisotopic (exact) mass is 273 g/mol. The molecular weight excluding hydrogens is 266 g/mol. The van der Waals surface area contributed by atoms with Gasteiger partial charge in [0.2, 0.25) is 0 Å². The minimum absolute atomic E-state index is 0.0368. The van der Waals surface area contributed by atoms with Gasteiger partial charge in [0.25, 0.3) is 11.6 Å². The van der Waals surface area contributed by atoms with Crippen LogP contribution in [0.1, 0.15) is 5.56 Å². The zero-order chi connectivity index (χ0) is 13.4. The van der Waals surface area contributed by atoms with E-state index in [0.29, 0.717) is 5.71 Å². The molecule has 0 saturated carbocycles. The Morgan fingerprint density at radius 3 is 2.68 bits per heavy atom. The number of aliphatic imine (C=N–C) groups is 2. The van der Waals surface area contributed by atoms with Gasteiger partial charge in [-0.15, -0.1) is 11.8 Å². The van der Waals surface area contributed by atoms with Crippen molar-refractivity contribution in [3.63, 3.8) is 0 Å². The molecule has 0 aliphatic carbocycles. The van der Waals surface area contributed by atoms with Gasteiger partial charge in [-0.2, -0.15) is 0 Å². The molecule has 2 aliphatic rings. The van der Waals surface area contributed by atoms with Gasteiger partial charge in [-0.1, -0.05) is 0 Å². The summed E-state index contributed by atoms with van der Waals surface area (Å²) in [5.41, 5.74) is 2.33. The molecule has 1 amide bonds. The summed E-state index contributed by atoms with van der Waals surface area (Å²) >= 11 is 1.36. The average Bonchev–Trinajstić information content (AvgIpc) is 2.84. The zero-order valence-electron chi connectivity index (χ0n) is 9.52. The predicted molar refractivity (Wildman–Crippen MR) is 73.4 cm³/mol. The largest absolute Gasteiger partial charge is 0.271 e. The summed E-state index contributed by atoms with van der Waals surface area (Å²) in [6.45, 7) is 0. The van der Waals surface area contributed by atoms with Gasteiger partial charge in [-0.25, -0.2) is 9.98 Å². The van der Waals surface area contributed by atoms with Crippen LogP contribution in [0.15, 0.2) is 39.7 Å². The Morgan fingerprint density at radius 2 is 2.00 bits per heavy atom. The highest BCUT2D eigenvalue weighted by Crippen LogP contribution is 2.36. The molecule has 1 aromatic rings. The molecule has 3 rings (SSSR count). The van der Waals surface area contributed by atoms with Crippen LogP contribution in [0.3, 0.4) is 0 Å². The summed E-state index contributed by atoms with van der Waals surface area (Å²) in [5.74, 6) is -0.219. The Morgan fingerprint density at radius 1 is 1.26 bits per heavy atom. The molecule has 0 N–H and O–H groups in total. The van der Waals surface area contributed by atoms with Gasteiger partial charge in [-0.3, -0.25) is 14.9 Å². The second-order valence-corrected chi connectivity index (χ2v) is 4.93. The number of amides is 1. The van der Waals surface area contributed by atoms with Crippen LogP contribution >= 0.6 is 11.8 Å². The van der Waals surface area contributed by atoms with Crippen LogP contribution in [-0.4, -0.2) is 28.1 Å². The van der Waals surface area contributed by atoms with Gasteiger partial charge in [0.15, 0.2) is 0 Å². The molecule has 94 valence electrons. The first kappa shape index (κ1) is 11.8. The van der Waals surface area contributed by atoms with Crippen molar-refractivity contribution in [2.75, 3.05) is 0 Å². The van der Waals surface area contributed by atoms with Crippen molar-refractivity contribution in [1.29, 1.82) is 0 Å². The maximum atomic E-state index is 11.6. The summed E-state index contributed by atoms with van der Waals surface area (Å²) in [4.78, 5) is 29.5. The van der Waals surface area contributed by atoms with E-state index < -0.39 is 4.92 Å². The fourth-order valence-corrected chi connectivity index (χ4v) is 2.93. The quantitative estimate of drug-likeness (QED) is 0.609. The van der Waals surface area contributed by atoms with E-state index in [4.69, 9.17) is 0 Å². The molecule has 1 atom stereocenters. The molecule has 0 saturated heterocycles. The maximum absolute atomic E-state index is 11.6. The normalized spacial score (nSPS) is 20.8. The predicted octanol–water partition coefficient (Wildman–Crippen LogP) is 2.06. The third-order valence-electron chi connectivity index (χ3n) is 2.84. The molecule has 2 aliphatic heterocycles. The molecule has 0 radical (unpaired) electrons. The molecule has 0 bridgehead atoms. The van der Waals surface area contributed by atoms with E-state index in [1.807, 2.05) is 5.41 Å². The van der Waals surface area contributed by atoms with Crippen LogP contribution in [0, 0.1) is 10.1 Å². The smallest absolute Gasteiger partial charge is 0.269 e. The minimum atomic E-state index is -0.446. The lowest BCUT2D eigenvalue weighted by Crippen LogP contribution is -2.26. The summed E-state index contributed by atoms with van der Waals surface area (Å²) in [5, 5.41) is 12.1. The van der Waals surface area contributed by atoms with E-state index in [1.54, 1.807) is 12.1 Å². The lowest BCUT2D eigenvalue weighted by molar-refractivity contribution is -0.384. The van der Waals surface area contributed by atoms with Crippen molar-refractivity contribution in [1.82, 2.24) is 0 Å². The number of allylic oxidation sites excluding steroid dienone is 1. The van der Waals surface area contributed by atoms with Gasteiger partial charge < -0.3 is 0 Å². The first-order chi connectivity index (χ1) is 9.16. The van der Waals surface area contributed by atoms with Crippen LogP contribution in [0.25, 0.3) is 5.57 Å². The highest BCUT2D eigenvalue weighted by molar-refractivity contribution is 8.05. The third-order valence-corrected chi connectivity index (χ3v) is 3.91. The lowest BCUT2D eigenvalue weighted by atomic mass is 10.00. The number of hydrogen-bond donors (Lipinski definition) is 0. The number of carbonyl (C=O) groups is 1. The lowest BCUT2D eigenvalue weighted by Gasteiger charge is -2.11. The van der Waals surface area contributed by atoms with E-state index >= 15 is 0 Å². The summed E-state index contributed by atoms with van der Waals surface area (Å²) in [6.07, 6.45) is 1.25. The molecule has 1 unspecified atom stereocenters. The second kappa shape index (κ2) is 4.43.